The lowest BCUT2D eigenvalue weighted by Gasteiger charge is -2.15. The van der Waals surface area contributed by atoms with Gasteiger partial charge in [-0.3, -0.25) is 0 Å². The highest BCUT2D eigenvalue weighted by Crippen LogP contribution is 2.15. The summed E-state index contributed by atoms with van der Waals surface area (Å²) < 4.78 is 0. The zero-order valence-corrected chi connectivity index (χ0v) is 8.29. The molecule has 1 aromatic rings. The topological polar surface area (TPSA) is 24.1 Å². The number of hydrogen-bond donors (Lipinski definition) is 2. The van der Waals surface area contributed by atoms with Crippen molar-refractivity contribution in [1.82, 2.24) is 5.32 Å². The Morgan fingerprint density at radius 3 is 2.79 bits per heavy atom. The van der Waals surface area contributed by atoms with E-state index in [2.05, 4.69) is 29.3 Å². The summed E-state index contributed by atoms with van der Waals surface area (Å²) in [7, 11) is 0. The van der Waals surface area contributed by atoms with E-state index in [9.17, 15) is 0 Å². The maximum Gasteiger partial charge on any atom is 0.0467 e. The smallest absolute Gasteiger partial charge is 0.0467 e. The van der Waals surface area contributed by atoms with Gasteiger partial charge in [-0.15, -0.1) is 0 Å². The fourth-order valence-electron chi connectivity index (χ4n) is 1.78. The highest BCUT2D eigenvalue weighted by molar-refractivity contribution is 5.48. The van der Waals surface area contributed by atoms with Gasteiger partial charge in [-0.2, -0.15) is 0 Å². The van der Waals surface area contributed by atoms with Crippen molar-refractivity contribution in [3.63, 3.8) is 0 Å². The molecule has 0 aliphatic carbocycles. The van der Waals surface area contributed by atoms with Crippen molar-refractivity contribution in [2.24, 2.45) is 0 Å². The molecule has 2 rings (SSSR count). The van der Waals surface area contributed by atoms with Gasteiger partial charge in [0.1, 0.15) is 0 Å². The number of para-hydroxylation sites is 1. The SMILES string of the molecule is C=C(Nc1ccccc1)[C@@H]1CCCN1. The second kappa shape index (κ2) is 4.29. The van der Waals surface area contributed by atoms with Gasteiger partial charge in [0.25, 0.3) is 0 Å². The molecular formula is C12H16N2. The molecule has 14 heavy (non-hydrogen) atoms. The molecule has 1 saturated heterocycles. The summed E-state index contributed by atoms with van der Waals surface area (Å²) in [6, 6.07) is 10.6. The van der Waals surface area contributed by atoms with Crippen LogP contribution in [0.15, 0.2) is 42.6 Å². The molecule has 0 saturated carbocycles. The molecule has 0 bridgehead atoms. The van der Waals surface area contributed by atoms with E-state index >= 15 is 0 Å². The van der Waals surface area contributed by atoms with Crippen molar-refractivity contribution in [3.8, 4) is 0 Å². The largest absolute Gasteiger partial charge is 0.358 e. The van der Waals surface area contributed by atoms with Crippen LogP contribution >= 0.6 is 0 Å². The van der Waals surface area contributed by atoms with Crippen LogP contribution < -0.4 is 10.6 Å². The van der Waals surface area contributed by atoms with Gasteiger partial charge >= 0.3 is 0 Å². The monoisotopic (exact) mass is 188 g/mol. The maximum atomic E-state index is 4.06. The number of nitrogens with one attached hydrogen (secondary N) is 2. The quantitative estimate of drug-likeness (QED) is 0.761. The van der Waals surface area contributed by atoms with E-state index in [4.69, 9.17) is 0 Å². The summed E-state index contributed by atoms with van der Waals surface area (Å²) in [5.74, 6) is 0. The third kappa shape index (κ3) is 2.15. The van der Waals surface area contributed by atoms with Gasteiger partial charge in [-0.1, -0.05) is 24.8 Å². The molecule has 1 aromatic carbocycles. The highest BCUT2D eigenvalue weighted by Gasteiger charge is 2.16. The van der Waals surface area contributed by atoms with Crippen LogP contribution in [0.25, 0.3) is 0 Å². The van der Waals surface area contributed by atoms with Gasteiger partial charge in [-0.05, 0) is 31.5 Å². The van der Waals surface area contributed by atoms with Crippen molar-refractivity contribution in [2.75, 3.05) is 11.9 Å². The van der Waals surface area contributed by atoms with Crippen LogP contribution in [-0.2, 0) is 0 Å². The van der Waals surface area contributed by atoms with Gasteiger partial charge in [0.15, 0.2) is 0 Å². The Morgan fingerprint density at radius 2 is 2.14 bits per heavy atom. The van der Waals surface area contributed by atoms with Crippen molar-refractivity contribution in [2.45, 2.75) is 18.9 Å². The minimum Gasteiger partial charge on any atom is -0.358 e. The van der Waals surface area contributed by atoms with E-state index in [1.807, 2.05) is 18.2 Å². The van der Waals surface area contributed by atoms with E-state index in [1.165, 1.54) is 12.8 Å². The first-order valence-corrected chi connectivity index (χ1v) is 5.10. The van der Waals surface area contributed by atoms with Crippen LogP contribution in [0.2, 0.25) is 0 Å². The Balaban J connectivity index is 1.94. The van der Waals surface area contributed by atoms with Crippen molar-refractivity contribution >= 4 is 5.69 Å². The van der Waals surface area contributed by atoms with Gasteiger partial charge in [0, 0.05) is 17.4 Å². The molecule has 74 valence electrons. The van der Waals surface area contributed by atoms with Crippen molar-refractivity contribution < 1.29 is 0 Å². The maximum absolute atomic E-state index is 4.06. The van der Waals surface area contributed by atoms with E-state index in [0.717, 1.165) is 17.9 Å². The van der Waals surface area contributed by atoms with Crippen LogP contribution in [0.4, 0.5) is 5.69 Å². The molecule has 0 amide bonds. The first-order chi connectivity index (χ1) is 6.86. The molecule has 0 aromatic heterocycles. The minimum absolute atomic E-state index is 0.440. The number of anilines is 1. The molecule has 1 heterocycles. The molecule has 2 nitrogen and oxygen atoms in total. The summed E-state index contributed by atoms with van der Waals surface area (Å²) in [6.45, 7) is 5.17. The van der Waals surface area contributed by atoms with E-state index in [-0.39, 0.29) is 0 Å². The van der Waals surface area contributed by atoms with E-state index < -0.39 is 0 Å². The third-order valence-electron chi connectivity index (χ3n) is 2.56. The van der Waals surface area contributed by atoms with Crippen molar-refractivity contribution in [1.29, 1.82) is 0 Å². The summed E-state index contributed by atoms with van der Waals surface area (Å²) in [5.41, 5.74) is 2.19. The Bertz CT molecular complexity index is 299. The molecule has 0 unspecified atom stereocenters. The first kappa shape index (κ1) is 9.28. The lowest BCUT2D eigenvalue weighted by Crippen LogP contribution is -2.26. The molecule has 0 radical (unpaired) electrons. The molecule has 1 atom stereocenters. The zero-order chi connectivity index (χ0) is 9.80. The summed E-state index contributed by atoms with van der Waals surface area (Å²) in [6.07, 6.45) is 2.44. The summed E-state index contributed by atoms with van der Waals surface area (Å²) >= 11 is 0. The lowest BCUT2D eigenvalue weighted by atomic mass is 10.1. The Morgan fingerprint density at radius 1 is 1.36 bits per heavy atom. The number of rotatable bonds is 3. The van der Waals surface area contributed by atoms with Crippen LogP contribution in [0, 0.1) is 0 Å². The van der Waals surface area contributed by atoms with Crippen LogP contribution in [0.3, 0.4) is 0 Å². The molecular weight excluding hydrogens is 172 g/mol. The normalized spacial score (nSPS) is 20.7. The fourth-order valence-corrected chi connectivity index (χ4v) is 1.78. The summed E-state index contributed by atoms with van der Waals surface area (Å²) in [4.78, 5) is 0. The molecule has 2 N–H and O–H groups in total. The average molecular weight is 188 g/mol. The Hall–Kier alpha value is -1.28. The van der Waals surface area contributed by atoms with Gasteiger partial charge in [-0.25, -0.2) is 0 Å². The fraction of sp³-hybridized carbons (Fsp3) is 0.333. The van der Waals surface area contributed by atoms with Gasteiger partial charge in [0.05, 0.1) is 0 Å². The molecule has 1 aliphatic rings. The second-order valence-electron chi connectivity index (χ2n) is 3.67. The van der Waals surface area contributed by atoms with Gasteiger partial charge < -0.3 is 10.6 Å². The Kier molecular flexibility index (Phi) is 2.84. The first-order valence-electron chi connectivity index (χ1n) is 5.10. The molecule has 0 spiro atoms. The zero-order valence-electron chi connectivity index (χ0n) is 8.29. The van der Waals surface area contributed by atoms with E-state index in [0.29, 0.717) is 6.04 Å². The van der Waals surface area contributed by atoms with Crippen molar-refractivity contribution in [3.05, 3.63) is 42.6 Å². The standard InChI is InChI=1S/C12H16N2/c1-10(12-8-5-9-13-12)14-11-6-3-2-4-7-11/h2-4,6-7,12-14H,1,5,8-9H2/t12-/m0/s1. The van der Waals surface area contributed by atoms with Gasteiger partial charge in [0.2, 0.25) is 0 Å². The highest BCUT2D eigenvalue weighted by atomic mass is 15.0. The summed E-state index contributed by atoms with van der Waals surface area (Å²) in [5, 5.41) is 6.74. The number of hydrogen-bond acceptors (Lipinski definition) is 2. The average Bonchev–Trinajstić information content (AvgIpc) is 2.72. The minimum atomic E-state index is 0.440. The van der Waals surface area contributed by atoms with Crippen LogP contribution in [0.5, 0.6) is 0 Å². The lowest BCUT2D eigenvalue weighted by molar-refractivity contribution is 0.695. The molecule has 2 heteroatoms. The predicted molar refractivity (Wildman–Crippen MR) is 60.2 cm³/mol. The number of benzene rings is 1. The van der Waals surface area contributed by atoms with Crippen LogP contribution in [0.1, 0.15) is 12.8 Å². The molecule has 1 fully saturated rings. The Labute approximate surface area is 85.0 Å². The van der Waals surface area contributed by atoms with E-state index in [1.54, 1.807) is 0 Å². The van der Waals surface area contributed by atoms with Crippen LogP contribution in [-0.4, -0.2) is 12.6 Å². The predicted octanol–water partition coefficient (Wildman–Crippen LogP) is 2.36. The second-order valence-corrected chi connectivity index (χ2v) is 3.67. The molecule has 1 aliphatic heterocycles. The third-order valence-corrected chi connectivity index (χ3v) is 2.56.